The fraction of sp³-hybridized carbons (Fsp3) is 0.536. The summed E-state index contributed by atoms with van der Waals surface area (Å²) in [5.41, 5.74) is 6.30. The van der Waals surface area contributed by atoms with Crippen LogP contribution in [0.3, 0.4) is 0 Å². The number of hydrogen-bond donors (Lipinski definition) is 0. The third-order valence-corrected chi connectivity index (χ3v) is 39.2. The van der Waals surface area contributed by atoms with Crippen molar-refractivity contribution in [3.8, 4) is 40.4 Å². The molecule has 0 atom stereocenters. The molecule has 0 N–H and O–H groups in total. The molecule has 0 unspecified atom stereocenters. The molecule has 1 aromatic carbocycles. The Morgan fingerprint density at radius 1 is 0.359 bits per heavy atom. The van der Waals surface area contributed by atoms with Crippen molar-refractivity contribution in [3.63, 3.8) is 0 Å². The molecule has 6 heterocycles. The van der Waals surface area contributed by atoms with Crippen molar-refractivity contribution in [3.05, 3.63) is 69.4 Å². The van der Waals surface area contributed by atoms with Crippen molar-refractivity contribution in [2.45, 2.75) is 186 Å². The molecule has 346 valence electrons. The Labute approximate surface area is 421 Å². The molecule has 0 bridgehead atoms. The number of thiophene rings is 6. The van der Waals surface area contributed by atoms with E-state index in [1.54, 1.807) is 67.7 Å². The van der Waals surface area contributed by atoms with Crippen LogP contribution in [0.4, 0.5) is 0 Å². The second-order valence-electron chi connectivity index (χ2n) is 20.7. The molecule has 64 heavy (non-hydrogen) atoms. The molecule has 6 aromatic heterocycles. The average molecular weight is 1180 g/mol. The number of fused-ring (bicyclic) bond motifs is 2. The Kier molecular flexibility index (Phi) is 19.2. The van der Waals surface area contributed by atoms with Crippen molar-refractivity contribution in [1.29, 1.82) is 0 Å². The van der Waals surface area contributed by atoms with Crippen LogP contribution in [0, 0.1) is 0 Å². The third kappa shape index (κ3) is 12.6. The summed E-state index contributed by atoms with van der Waals surface area (Å²) < 4.78 is 6.56. The van der Waals surface area contributed by atoms with Gasteiger partial charge in [0.05, 0.1) is 0 Å². The predicted octanol–water partition coefficient (Wildman–Crippen LogP) is 20.6. The van der Waals surface area contributed by atoms with Gasteiger partial charge in [0.25, 0.3) is 0 Å². The van der Waals surface area contributed by atoms with Crippen LogP contribution in [-0.2, 0) is 25.7 Å². The van der Waals surface area contributed by atoms with Crippen molar-refractivity contribution in [2.75, 3.05) is 0 Å². The Hall–Kier alpha value is -0.463. The molecular formula is C56H78S6Sn2. The van der Waals surface area contributed by atoms with E-state index in [0.29, 0.717) is 0 Å². The normalized spacial score (nSPS) is 12.5. The minimum absolute atomic E-state index is 1.18. The van der Waals surface area contributed by atoms with Crippen molar-refractivity contribution >= 4 is 131 Å². The Morgan fingerprint density at radius 2 is 0.719 bits per heavy atom. The topological polar surface area (TPSA) is 0 Å². The van der Waals surface area contributed by atoms with Crippen molar-refractivity contribution in [1.82, 2.24) is 0 Å². The van der Waals surface area contributed by atoms with Crippen LogP contribution < -0.4 is 5.79 Å². The zero-order valence-corrected chi connectivity index (χ0v) is 51.8. The van der Waals surface area contributed by atoms with E-state index in [0.717, 1.165) is 0 Å². The summed E-state index contributed by atoms with van der Waals surface area (Å²) in [5, 5.41) is 3.09. The van der Waals surface area contributed by atoms with Crippen molar-refractivity contribution < 1.29 is 0 Å². The molecule has 0 aliphatic heterocycles. The molecule has 0 amide bonds. The van der Waals surface area contributed by atoms with E-state index >= 15 is 0 Å². The molecule has 8 heteroatoms. The molecule has 0 saturated carbocycles. The van der Waals surface area contributed by atoms with Gasteiger partial charge in [-0.15, -0.1) is 0 Å². The second-order valence-corrected chi connectivity index (χ2v) is 58.0. The summed E-state index contributed by atoms with van der Waals surface area (Å²) in [5.74, 6) is 0. The van der Waals surface area contributed by atoms with E-state index in [-0.39, 0.29) is 0 Å². The van der Waals surface area contributed by atoms with Crippen LogP contribution in [0.5, 0.6) is 0 Å². The van der Waals surface area contributed by atoms with Gasteiger partial charge in [-0.2, -0.15) is 0 Å². The van der Waals surface area contributed by atoms with Gasteiger partial charge in [-0.3, -0.25) is 0 Å². The van der Waals surface area contributed by atoms with Gasteiger partial charge in [0.15, 0.2) is 0 Å². The number of unbranched alkanes of at least 4 members (excludes halogenated alkanes) is 12. The second kappa shape index (κ2) is 23.9. The van der Waals surface area contributed by atoms with Crippen LogP contribution >= 0.6 is 68.0 Å². The summed E-state index contributed by atoms with van der Waals surface area (Å²) >= 11 is 7.85. The molecular weight excluding hydrogens is 1100 g/mol. The van der Waals surface area contributed by atoms with E-state index in [2.05, 4.69) is 174 Å². The first-order valence-corrected chi connectivity index (χ1v) is 50.2. The fourth-order valence-corrected chi connectivity index (χ4v) is 27.0. The molecule has 7 aromatic rings. The van der Waals surface area contributed by atoms with E-state index in [1.165, 1.54) is 148 Å². The summed E-state index contributed by atoms with van der Waals surface area (Å²) in [6.45, 7) is 9.33. The zero-order valence-electron chi connectivity index (χ0n) is 41.2. The first-order valence-electron chi connectivity index (χ1n) is 25.3. The summed E-state index contributed by atoms with van der Waals surface area (Å²) in [6, 6.07) is 20.7. The number of rotatable bonds is 26. The van der Waals surface area contributed by atoms with Gasteiger partial charge in [-0.05, 0) is 0 Å². The molecule has 0 aliphatic carbocycles. The maximum atomic E-state index is 2.73. The fourth-order valence-electron chi connectivity index (χ4n) is 9.10. The van der Waals surface area contributed by atoms with Crippen molar-refractivity contribution in [2.24, 2.45) is 0 Å². The van der Waals surface area contributed by atoms with Gasteiger partial charge in [0.1, 0.15) is 0 Å². The Bertz CT molecular complexity index is 2320. The molecule has 0 saturated heterocycles. The first kappa shape index (κ1) is 51.4. The summed E-state index contributed by atoms with van der Waals surface area (Å²) in [7, 11) is 0. The van der Waals surface area contributed by atoms with Gasteiger partial charge in [-0.1, -0.05) is 66.2 Å². The molecule has 0 spiro atoms. The van der Waals surface area contributed by atoms with Crippen LogP contribution in [0.15, 0.2) is 48.5 Å². The molecule has 0 nitrogen and oxygen atoms in total. The van der Waals surface area contributed by atoms with Crippen LogP contribution in [0.1, 0.15) is 151 Å². The third-order valence-electron chi connectivity index (χ3n) is 13.0. The van der Waals surface area contributed by atoms with E-state index in [1.807, 2.05) is 0 Å². The Balaban J connectivity index is 1.42. The van der Waals surface area contributed by atoms with E-state index in [9.17, 15) is 0 Å². The molecule has 7 rings (SSSR count). The van der Waals surface area contributed by atoms with Crippen LogP contribution in [0.2, 0.25) is 29.6 Å². The van der Waals surface area contributed by atoms with Gasteiger partial charge in [0, 0.05) is 0 Å². The molecule has 0 radical (unpaired) electrons. The standard InChI is InChI=1S/C50H60S6.6CH3.2Sn/c1-5-9-13-17-21-35-33-43(55-47(35)41-27-25-37(53-41)23-19-15-11-7-3)45-39-29-31-52-50(39)46(40-30-32-51-49(40)45)44-34-36(22-18-14-10-6-2)48(56-44)42-28-26-38(54-42)24-20-16-12-8-4;;;;;;;;/h25-30,33-34H,5-24H2,1-4H3;6*1H3;;. The zero-order chi connectivity index (χ0) is 45.4. The van der Waals surface area contributed by atoms with Gasteiger partial charge in [0.2, 0.25) is 0 Å². The molecule has 0 fully saturated rings. The quantitative estimate of drug-likeness (QED) is 0.0374. The van der Waals surface area contributed by atoms with E-state index < -0.39 is 36.8 Å². The monoisotopic (exact) mass is 1180 g/mol. The molecule has 0 aliphatic rings. The van der Waals surface area contributed by atoms with Gasteiger partial charge >= 0.3 is 360 Å². The minimum atomic E-state index is -2.48. The number of hydrogen-bond acceptors (Lipinski definition) is 6. The van der Waals surface area contributed by atoms with E-state index in [4.69, 9.17) is 0 Å². The first-order chi connectivity index (χ1) is 30.8. The number of aryl methyl sites for hydroxylation is 4. The van der Waals surface area contributed by atoms with Crippen LogP contribution in [0.25, 0.3) is 60.6 Å². The van der Waals surface area contributed by atoms with Gasteiger partial charge < -0.3 is 0 Å². The maximum absolute atomic E-state index is 2.73. The summed E-state index contributed by atoms with van der Waals surface area (Å²) in [4.78, 5) is 28.1. The SMILES string of the molecule is CCCCCCc1ccc(-c2sc(-c3c4c[c]([Sn]([CH3])([CH3])[CH3])sc4c(-c4cc(CCCCCC)c(-c5ccc(CCCCCC)s5)s4)c4c[c]([Sn]([CH3])([CH3])[CH3])sc34)cc2CCCCCC)s1. The van der Waals surface area contributed by atoms with Crippen LogP contribution in [-0.4, -0.2) is 36.8 Å². The Morgan fingerprint density at radius 3 is 1.06 bits per heavy atom. The number of benzene rings is 1. The predicted molar refractivity (Wildman–Crippen MR) is 308 cm³/mol. The van der Waals surface area contributed by atoms with Gasteiger partial charge in [-0.25, -0.2) is 0 Å². The average Bonchev–Trinajstić information content (AvgIpc) is 4.12. The summed E-state index contributed by atoms with van der Waals surface area (Å²) in [6.07, 6.45) is 25.9.